The fraction of sp³-hybridized carbons (Fsp3) is 0.902. The predicted octanol–water partition coefficient (Wildman–Crippen LogP) is 5.25. The van der Waals surface area contributed by atoms with E-state index >= 15 is 0 Å². The van der Waals surface area contributed by atoms with E-state index in [1.807, 2.05) is 0 Å². The molecule has 9 rings (SSSR count). The molecule has 4 heterocycles. The van der Waals surface area contributed by atoms with Crippen molar-refractivity contribution in [1.29, 1.82) is 0 Å². The van der Waals surface area contributed by atoms with E-state index in [-0.39, 0.29) is 58.2 Å². The van der Waals surface area contributed by atoms with Crippen LogP contribution >= 0.6 is 0 Å². The van der Waals surface area contributed by atoms with Crippen molar-refractivity contribution in [2.45, 2.75) is 148 Å². The molecular formula is C41H63N3O7. The molecule has 10 heteroatoms. The van der Waals surface area contributed by atoms with E-state index in [1.54, 1.807) is 32.3 Å². The molecule has 0 bridgehead atoms. The molecular weight excluding hydrogens is 646 g/mol. The largest absolute Gasteiger partial charge is 0.454 e. The molecule has 0 aromatic carbocycles. The monoisotopic (exact) mass is 709 g/mol. The third kappa shape index (κ3) is 4.91. The zero-order chi connectivity index (χ0) is 35.8. The minimum absolute atomic E-state index is 0.0346. The van der Waals surface area contributed by atoms with Crippen LogP contribution in [0.1, 0.15) is 99.8 Å². The van der Waals surface area contributed by atoms with Gasteiger partial charge in [0.05, 0.1) is 62.4 Å². The Kier molecular flexibility index (Phi) is 8.17. The maximum absolute atomic E-state index is 12.7. The van der Waals surface area contributed by atoms with E-state index in [1.165, 1.54) is 25.7 Å². The molecule has 3 aliphatic heterocycles. The highest BCUT2D eigenvalue weighted by Crippen LogP contribution is 2.89. The number of nitrogens with zero attached hydrogens (tertiary/aromatic N) is 3. The lowest BCUT2D eigenvalue weighted by Gasteiger charge is -2.64. The van der Waals surface area contributed by atoms with Crippen LogP contribution in [-0.2, 0) is 18.9 Å². The molecule has 5 unspecified atom stereocenters. The average molecular weight is 710 g/mol. The van der Waals surface area contributed by atoms with Crippen LogP contribution in [0.4, 0.5) is 0 Å². The normalized spacial score (nSPS) is 49.7. The topological polar surface area (TPSA) is 116 Å². The van der Waals surface area contributed by atoms with E-state index in [4.69, 9.17) is 23.7 Å². The quantitative estimate of drug-likeness (QED) is 0.389. The summed E-state index contributed by atoms with van der Waals surface area (Å²) in [7, 11) is 0. The molecule has 8 fully saturated rings. The highest BCUT2D eigenvalue weighted by atomic mass is 16.7. The molecule has 51 heavy (non-hydrogen) atoms. The van der Waals surface area contributed by atoms with Crippen molar-refractivity contribution in [3.8, 4) is 6.01 Å². The fourth-order valence-corrected chi connectivity index (χ4v) is 14.6. The molecule has 1 aromatic rings. The number of hydrogen-bond acceptors (Lipinski definition) is 10. The molecule has 10 nitrogen and oxygen atoms in total. The minimum atomic E-state index is -1.19. The number of morpholine rings is 1. The van der Waals surface area contributed by atoms with Crippen molar-refractivity contribution >= 4 is 0 Å². The van der Waals surface area contributed by atoms with Gasteiger partial charge in [-0.25, -0.2) is 9.97 Å². The first-order chi connectivity index (χ1) is 24.2. The molecule has 284 valence electrons. The number of aromatic nitrogens is 2. The minimum Gasteiger partial charge on any atom is -0.454 e. The summed E-state index contributed by atoms with van der Waals surface area (Å²) in [5, 5.41) is 24.1. The van der Waals surface area contributed by atoms with Gasteiger partial charge in [-0.2, -0.15) is 0 Å². The van der Waals surface area contributed by atoms with Crippen molar-refractivity contribution < 1.29 is 33.9 Å². The highest BCUT2D eigenvalue weighted by molar-refractivity contribution is 5.33. The Hall–Kier alpha value is -1.40. The van der Waals surface area contributed by atoms with Crippen molar-refractivity contribution in [3.63, 3.8) is 0 Å². The smallest absolute Gasteiger partial charge is 0.316 e. The van der Waals surface area contributed by atoms with Crippen LogP contribution in [0.25, 0.3) is 0 Å². The molecule has 14 atom stereocenters. The number of hydrogen-bond donors (Lipinski definition) is 2. The maximum Gasteiger partial charge on any atom is 0.316 e. The van der Waals surface area contributed by atoms with Crippen molar-refractivity contribution in [1.82, 2.24) is 14.9 Å². The van der Waals surface area contributed by atoms with E-state index in [0.717, 1.165) is 58.6 Å². The Bertz CT molecular complexity index is 1470. The van der Waals surface area contributed by atoms with E-state index in [2.05, 4.69) is 49.5 Å². The Labute approximate surface area is 304 Å². The van der Waals surface area contributed by atoms with Crippen LogP contribution in [0.3, 0.4) is 0 Å². The second-order valence-electron chi connectivity index (χ2n) is 19.9. The maximum atomic E-state index is 12.7. The number of aliphatic hydroxyl groups excluding tert-OH is 1. The van der Waals surface area contributed by atoms with Gasteiger partial charge in [0.2, 0.25) is 0 Å². The summed E-state index contributed by atoms with van der Waals surface area (Å²) in [5.41, 5.74) is -0.825. The highest BCUT2D eigenvalue weighted by Gasteiger charge is 2.84. The van der Waals surface area contributed by atoms with Crippen LogP contribution in [0.5, 0.6) is 6.01 Å². The van der Waals surface area contributed by atoms with Crippen LogP contribution in [-0.4, -0.2) is 106 Å². The summed E-state index contributed by atoms with van der Waals surface area (Å²) >= 11 is 0. The standard InChI is InChI=1S/C41H63N3O7/c1-24-19-26(34(37(4,5)46)51-35-42-15-8-16-43-35)49-32-31(24)38(6)13-14-41-23-40(41)12-11-29(50-30-20-44(17-18-48-30)25-21-47-22-25)36(2,3)27(40)9-10-28(41)39(38,7)33(32)45/h8,15-16,24-34,45-46H,9-14,17-23H2,1-7H3/t24-,26?,27+,28?,29+,30+,31?,32?,33+,34?,38-,39-,40-,41+/m1/s1. The van der Waals surface area contributed by atoms with E-state index < -0.39 is 17.8 Å². The Morgan fingerprint density at radius 3 is 2.43 bits per heavy atom. The van der Waals surface area contributed by atoms with Crippen molar-refractivity contribution in [2.75, 3.05) is 32.9 Å². The zero-order valence-electron chi connectivity index (χ0n) is 32.1. The lowest BCUT2D eigenvalue weighted by Crippen LogP contribution is -2.60. The van der Waals surface area contributed by atoms with Gasteiger partial charge in [0.15, 0.2) is 12.4 Å². The van der Waals surface area contributed by atoms with Gasteiger partial charge in [0.25, 0.3) is 0 Å². The number of rotatable bonds is 7. The number of aliphatic hydroxyl groups is 2. The third-order valence-corrected chi connectivity index (χ3v) is 17.1. The first kappa shape index (κ1) is 35.3. The lowest BCUT2D eigenvalue weighted by molar-refractivity contribution is -0.256. The van der Waals surface area contributed by atoms with Gasteiger partial charge in [-0.15, -0.1) is 0 Å². The number of ether oxygens (including phenoxy) is 5. The van der Waals surface area contributed by atoms with Crippen molar-refractivity contribution in [3.05, 3.63) is 18.5 Å². The van der Waals surface area contributed by atoms with Gasteiger partial charge in [-0.05, 0) is 117 Å². The van der Waals surface area contributed by atoms with Gasteiger partial charge in [-0.1, -0.05) is 34.6 Å². The predicted molar refractivity (Wildman–Crippen MR) is 190 cm³/mol. The van der Waals surface area contributed by atoms with Gasteiger partial charge < -0.3 is 33.9 Å². The summed E-state index contributed by atoms with van der Waals surface area (Å²) in [6, 6.07) is 2.50. The number of fused-ring (bicyclic) bond motifs is 4. The van der Waals surface area contributed by atoms with Gasteiger partial charge in [-0.3, -0.25) is 4.90 Å². The SMILES string of the molecule is C[C@@H]1CC(C(Oc2ncccn2)C(C)(C)O)OC2C1[C@@]1(C)CC[C@@]34C[C@@]35CC[C@H](O[C@H]3CN(C6COC6)CCO3)C(C)(C)[C@@H]5CCC4[C@]1(C)[C@H]2O. The second kappa shape index (κ2) is 11.8. The van der Waals surface area contributed by atoms with E-state index in [9.17, 15) is 10.2 Å². The summed E-state index contributed by atoms with van der Waals surface area (Å²) in [6.45, 7) is 20.0. The lowest BCUT2D eigenvalue weighted by atomic mass is 9.41. The summed E-state index contributed by atoms with van der Waals surface area (Å²) in [4.78, 5) is 11.1. The average Bonchev–Trinajstić information content (AvgIpc) is 3.69. The molecule has 2 spiro atoms. The zero-order valence-corrected chi connectivity index (χ0v) is 32.1. The molecule has 5 saturated carbocycles. The molecule has 1 aromatic heterocycles. The molecule has 0 radical (unpaired) electrons. The third-order valence-electron chi connectivity index (χ3n) is 17.1. The Balaban J connectivity index is 0.951. The van der Waals surface area contributed by atoms with Crippen LogP contribution in [0, 0.1) is 50.7 Å². The first-order valence-corrected chi connectivity index (χ1v) is 20.2. The summed E-state index contributed by atoms with van der Waals surface area (Å²) in [6.07, 6.45) is 10.5. The summed E-state index contributed by atoms with van der Waals surface area (Å²) < 4.78 is 31.9. The van der Waals surface area contributed by atoms with E-state index in [0.29, 0.717) is 29.2 Å². The fourth-order valence-electron chi connectivity index (χ4n) is 14.6. The van der Waals surface area contributed by atoms with Crippen LogP contribution in [0.2, 0.25) is 0 Å². The van der Waals surface area contributed by atoms with Gasteiger partial charge in [0, 0.05) is 24.4 Å². The molecule has 2 N–H and O–H groups in total. The molecule has 3 saturated heterocycles. The summed E-state index contributed by atoms with van der Waals surface area (Å²) in [5.74, 6) is 1.62. The van der Waals surface area contributed by atoms with Crippen LogP contribution < -0.4 is 4.74 Å². The molecule has 8 aliphatic rings. The van der Waals surface area contributed by atoms with Gasteiger partial charge >= 0.3 is 6.01 Å². The molecule has 0 amide bonds. The first-order valence-electron chi connectivity index (χ1n) is 20.2. The van der Waals surface area contributed by atoms with Crippen molar-refractivity contribution in [2.24, 2.45) is 50.7 Å². The Morgan fingerprint density at radius 2 is 1.73 bits per heavy atom. The second-order valence-corrected chi connectivity index (χ2v) is 19.9. The molecule has 5 aliphatic carbocycles. The van der Waals surface area contributed by atoms with Crippen LogP contribution in [0.15, 0.2) is 18.5 Å². The Morgan fingerprint density at radius 1 is 1.00 bits per heavy atom. The van der Waals surface area contributed by atoms with Gasteiger partial charge in [0.1, 0.15) is 0 Å².